The molecular weight excluding hydrogens is 392 g/mol. The summed E-state index contributed by atoms with van der Waals surface area (Å²) in [5, 5.41) is 1.36. The molecule has 0 atom stereocenters. The van der Waals surface area contributed by atoms with E-state index in [1.54, 1.807) is 17.4 Å². The fraction of sp³-hybridized carbons (Fsp3) is 0.190. The average molecular weight is 411 g/mol. The van der Waals surface area contributed by atoms with Gasteiger partial charge in [0.2, 0.25) is 0 Å². The standard InChI is InChI=1S/C21H19ClN4OS/c1-15-4-2-5-16(12-15)20(27)26(10-3-9-25-11-8-23-14-25)21-24-18-7-6-17(22)13-19(18)28-21/h2,4-8,11-14H,3,9-10H2,1H3. The third kappa shape index (κ3) is 4.08. The third-order valence-electron chi connectivity index (χ3n) is 4.44. The topological polar surface area (TPSA) is 51.0 Å². The van der Waals surface area contributed by atoms with Gasteiger partial charge in [0.1, 0.15) is 0 Å². The highest BCUT2D eigenvalue weighted by Crippen LogP contribution is 2.31. The number of hydrogen-bond acceptors (Lipinski definition) is 4. The molecule has 0 aliphatic rings. The smallest absolute Gasteiger partial charge is 0.260 e. The largest absolute Gasteiger partial charge is 0.337 e. The Balaban J connectivity index is 1.63. The summed E-state index contributed by atoms with van der Waals surface area (Å²) in [6.45, 7) is 3.34. The van der Waals surface area contributed by atoms with Gasteiger partial charge in [-0.2, -0.15) is 0 Å². The van der Waals surface area contributed by atoms with E-state index in [1.165, 1.54) is 11.3 Å². The molecule has 0 radical (unpaired) electrons. The molecule has 0 fully saturated rings. The van der Waals surface area contributed by atoms with Gasteiger partial charge in [-0.05, 0) is 43.7 Å². The van der Waals surface area contributed by atoms with Gasteiger partial charge in [0.05, 0.1) is 16.5 Å². The van der Waals surface area contributed by atoms with Crippen LogP contribution in [0.3, 0.4) is 0 Å². The Bertz CT molecular complexity index is 1110. The minimum atomic E-state index is -0.0421. The second-order valence-electron chi connectivity index (χ2n) is 6.59. The van der Waals surface area contributed by atoms with Crippen LogP contribution in [0.15, 0.2) is 61.2 Å². The van der Waals surface area contributed by atoms with Crippen molar-refractivity contribution in [2.24, 2.45) is 0 Å². The van der Waals surface area contributed by atoms with Gasteiger partial charge in [0.15, 0.2) is 5.13 Å². The number of thiazole rings is 1. The van der Waals surface area contributed by atoms with Crippen molar-refractivity contribution in [2.75, 3.05) is 11.4 Å². The van der Waals surface area contributed by atoms with Crippen LogP contribution in [0.1, 0.15) is 22.3 Å². The van der Waals surface area contributed by atoms with Crippen LogP contribution in [-0.2, 0) is 6.54 Å². The molecule has 0 unspecified atom stereocenters. The Morgan fingerprint density at radius 1 is 1.25 bits per heavy atom. The lowest BCUT2D eigenvalue weighted by molar-refractivity contribution is 0.0986. The summed E-state index contributed by atoms with van der Waals surface area (Å²) in [4.78, 5) is 23.8. The molecule has 2 aromatic heterocycles. The monoisotopic (exact) mass is 410 g/mol. The van der Waals surface area contributed by atoms with E-state index in [4.69, 9.17) is 11.6 Å². The molecule has 7 heteroatoms. The van der Waals surface area contributed by atoms with E-state index in [0.717, 1.165) is 28.7 Å². The summed E-state index contributed by atoms with van der Waals surface area (Å²) in [5.74, 6) is -0.0421. The van der Waals surface area contributed by atoms with Gasteiger partial charge in [0, 0.05) is 36.1 Å². The molecule has 5 nitrogen and oxygen atoms in total. The number of rotatable bonds is 6. The molecule has 4 aromatic rings. The highest BCUT2D eigenvalue weighted by molar-refractivity contribution is 7.22. The normalized spacial score (nSPS) is 11.1. The van der Waals surface area contributed by atoms with Crippen molar-refractivity contribution in [1.82, 2.24) is 14.5 Å². The SMILES string of the molecule is Cc1cccc(C(=O)N(CCCn2ccnc2)c2nc3ccc(Cl)cc3s2)c1. The summed E-state index contributed by atoms with van der Waals surface area (Å²) in [7, 11) is 0. The second kappa shape index (κ2) is 8.12. The number of benzene rings is 2. The second-order valence-corrected chi connectivity index (χ2v) is 8.03. The van der Waals surface area contributed by atoms with Gasteiger partial charge >= 0.3 is 0 Å². The Morgan fingerprint density at radius 3 is 2.93 bits per heavy atom. The fourth-order valence-corrected chi connectivity index (χ4v) is 4.32. The van der Waals surface area contributed by atoms with E-state index < -0.39 is 0 Å². The van der Waals surface area contributed by atoms with Gasteiger partial charge in [-0.15, -0.1) is 0 Å². The summed E-state index contributed by atoms with van der Waals surface area (Å²) >= 11 is 7.60. The molecule has 28 heavy (non-hydrogen) atoms. The number of aromatic nitrogens is 3. The number of hydrogen-bond donors (Lipinski definition) is 0. The first-order valence-electron chi connectivity index (χ1n) is 9.00. The van der Waals surface area contributed by atoms with Gasteiger partial charge in [-0.3, -0.25) is 9.69 Å². The van der Waals surface area contributed by atoms with E-state index in [-0.39, 0.29) is 5.91 Å². The maximum absolute atomic E-state index is 13.3. The van der Waals surface area contributed by atoms with Gasteiger partial charge in [-0.1, -0.05) is 40.6 Å². The summed E-state index contributed by atoms with van der Waals surface area (Å²) in [6.07, 6.45) is 6.26. The molecule has 0 saturated carbocycles. The predicted molar refractivity (Wildman–Crippen MR) is 114 cm³/mol. The van der Waals surface area contributed by atoms with Crippen molar-refractivity contribution in [3.8, 4) is 0 Å². The van der Waals surface area contributed by atoms with E-state index >= 15 is 0 Å². The van der Waals surface area contributed by atoms with E-state index in [2.05, 4.69) is 9.97 Å². The van der Waals surface area contributed by atoms with Crippen molar-refractivity contribution >= 4 is 44.2 Å². The molecule has 0 saturated heterocycles. The highest BCUT2D eigenvalue weighted by atomic mass is 35.5. The summed E-state index contributed by atoms with van der Waals surface area (Å²) < 4.78 is 2.98. The molecule has 0 spiro atoms. The average Bonchev–Trinajstić information content (AvgIpc) is 3.34. The van der Waals surface area contributed by atoms with Crippen LogP contribution in [0, 0.1) is 6.92 Å². The van der Waals surface area contributed by atoms with Crippen molar-refractivity contribution in [1.29, 1.82) is 0 Å². The lowest BCUT2D eigenvalue weighted by atomic mass is 10.1. The van der Waals surface area contributed by atoms with Crippen molar-refractivity contribution < 1.29 is 4.79 Å². The van der Waals surface area contributed by atoms with Gasteiger partial charge in [-0.25, -0.2) is 9.97 Å². The molecular formula is C21H19ClN4OS. The van der Waals surface area contributed by atoms with Crippen LogP contribution in [-0.4, -0.2) is 27.0 Å². The van der Waals surface area contributed by atoms with Crippen molar-refractivity contribution in [3.05, 3.63) is 77.3 Å². The third-order valence-corrected chi connectivity index (χ3v) is 5.71. The van der Waals surface area contributed by atoms with Crippen LogP contribution in [0.2, 0.25) is 5.02 Å². The molecule has 0 bridgehead atoms. The molecule has 2 heterocycles. The number of anilines is 1. The first-order chi connectivity index (χ1) is 13.6. The Labute approximate surface area is 172 Å². The van der Waals surface area contributed by atoms with Gasteiger partial charge < -0.3 is 4.57 Å². The lowest BCUT2D eigenvalue weighted by Crippen LogP contribution is -2.32. The fourth-order valence-electron chi connectivity index (χ4n) is 3.05. The van der Waals surface area contributed by atoms with Crippen molar-refractivity contribution in [3.63, 3.8) is 0 Å². The number of halogens is 1. The van der Waals surface area contributed by atoms with E-state index in [0.29, 0.717) is 22.3 Å². The van der Waals surface area contributed by atoms with Crippen LogP contribution < -0.4 is 4.90 Å². The van der Waals surface area contributed by atoms with Crippen molar-refractivity contribution in [2.45, 2.75) is 19.9 Å². The van der Waals surface area contributed by atoms with Crippen LogP contribution in [0.4, 0.5) is 5.13 Å². The Kier molecular flexibility index (Phi) is 5.41. The maximum Gasteiger partial charge on any atom is 0.260 e. The minimum absolute atomic E-state index is 0.0421. The molecule has 1 amide bonds. The Hall–Kier alpha value is -2.70. The zero-order valence-electron chi connectivity index (χ0n) is 15.4. The summed E-state index contributed by atoms with van der Waals surface area (Å²) in [6, 6.07) is 13.2. The molecule has 0 N–H and O–H groups in total. The van der Waals surface area contributed by atoms with Crippen LogP contribution in [0.5, 0.6) is 0 Å². The molecule has 0 aliphatic carbocycles. The van der Waals surface area contributed by atoms with Gasteiger partial charge in [0.25, 0.3) is 5.91 Å². The van der Waals surface area contributed by atoms with Crippen LogP contribution in [0.25, 0.3) is 10.2 Å². The first kappa shape index (κ1) is 18.7. The lowest BCUT2D eigenvalue weighted by Gasteiger charge is -2.20. The highest BCUT2D eigenvalue weighted by Gasteiger charge is 2.21. The van der Waals surface area contributed by atoms with E-state index in [1.807, 2.05) is 60.2 Å². The minimum Gasteiger partial charge on any atom is -0.337 e. The number of aryl methyl sites for hydroxylation is 2. The molecule has 4 rings (SSSR count). The zero-order chi connectivity index (χ0) is 19.5. The number of amides is 1. The number of nitrogens with zero attached hydrogens (tertiary/aromatic N) is 4. The zero-order valence-corrected chi connectivity index (χ0v) is 17.0. The Morgan fingerprint density at radius 2 is 2.14 bits per heavy atom. The molecule has 142 valence electrons. The number of carbonyl (C=O) groups excluding carboxylic acids is 1. The maximum atomic E-state index is 13.3. The molecule has 2 aromatic carbocycles. The van der Waals surface area contributed by atoms with E-state index in [9.17, 15) is 4.79 Å². The first-order valence-corrected chi connectivity index (χ1v) is 10.2. The number of carbonyl (C=O) groups is 1. The number of fused-ring (bicyclic) bond motifs is 1. The quantitative estimate of drug-likeness (QED) is 0.439. The molecule has 0 aliphatic heterocycles. The number of imidazole rings is 1. The van der Waals surface area contributed by atoms with Crippen LogP contribution >= 0.6 is 22.9 Å². The predicted octanol–water partition coefficient (Wildman–Crippen LogP) is 5.19. The summed E-state index contributed by atoms with van der Waals surface area (Å²) in [5.41, 5.74) is 2.57.